The van der Waals surface area contributed by atoms with Crippen LogP contribution in [0.25, 0.3) is 0 Å². The number of amides is 1. The molecule has 0 aliphatic heterocycles. The van der Waals surface area contributed by atoms with Crippen LogP contribution in [0.3, 0.4) is 0 Å². The van der Waals surface area contributed by atoms with E-state index in [2.05, 4.69) is 10.1 Å². The first-order valence-corrected chi connectivity index (χ1v) is 8.69. The highest BCUT2D eigenvalue weighted by Crippen LogP contribution is 2.19. The maximum absolute atomic E-state index is 11.8. The lowest BCUT2D eigenvalue weighted by atomic mass is 10.00. The fourth-order valence-corrected chi connectivity index (χ4v) is 2.16. The average Bonchev–Trinajstić information content (AvgIpc) is 2.59. The largest absolute Gasteiger partial charge is 0.460 e. The predicted molar refractivity (Wildman–Crippen MR) is 97.2 cm³/mol. The highest BCUT2D eigenvalue weighted by Gasteiger charge is 2.22. The molecule has 0 saturated carbocycles. The molecule has 1 aromatic rings. The van der Waals surface area contributed by atoms with E-state index in [4.69, 9.17) is 4.74 Å². The predicted octanol–water partition coefficient (Wildman–Crippen LogP) is 1.74. The van der Waals surface area contributed by atoms with Crippen molar-refractivity contribution in [1.29, 1.82) is 0 Å². The van der Waals surface area contributed by atoms with Crippen LogP contribution in [0.4, 0.5) is 4.79 Å². The molecular weight excluding hydrogens is 354 g/mol. The van der Waals surface area contributed by atoms with Gasteiger partial charge < -0.3 is 25.0 Å². The molecule has 0 spiro atoms. The van der Waals surface area contributed by atoms with Crippen LogP contribution < -0.4 is 5.32 Å². The zero-order valence-electron chi connectivity index (χ0n) is 16.0. The number of hydrogen-bond donors (Lipinski definition) is 3. The Kier molecular flexibility index (Phi) is 8.39. The van der Waals surface area contributed by atoms with Crippen molar-refractivity contribution in [1.82, 2.24) is 5.32 Å². The summed E-state index contributed by atoms with van der Waals surface area (Å²) in [6, 6.07) is 5.65. The molecule has 0 aromatic heterocycles. The summed E-state index contributed by atoms with van der Waals surface area (Å²) in [5.41, 5.74) is -0.115. The third kappa shape index (κ3) is 7.76. The molecule has 150 valence electrons. The highest BCUT2D eigenvalue weighted by atomic mass is 16.6. The first-order chi connectivity index (χ1) is 12.5. The summed E-state index contributed by atoms with van der Waals surface area (Å²) < 4.78 is 9.72. The number of carbonyl (C=O) groups excluding carboxylic acids is 3. The Morgan fingerprint density at radius 3 is 2.22 bits per heavy atom. The summed E-state index contributed by atoms with van der Waals surface area (Å²) in [6.45, 7) is 7.03. The van der Waals surface area contributed by atoms with Crippen molar-refractivity contribution in [3.05, 3.63) is 35.4 Å². The third-order valence-corrected chi connectivity index (χ3v) is 3.45. The number of ketones is 1. The van der Waals surface area contributed by atoms with Gasteiger partial charge in [0.15, 0.2) is 0 Å². The number of carbonyl (C=O) groups is 3. The van der Waals surface area contributed by atoms with Gasteiger partial charge in [-0.15, -0.1) is 0 Å². The SMILES string of the molecule is CCOC(=O)C(=O)c1ccc(C(O)C(O)CCNC(=O)OC(C)(C)C)cc1. The summed E-state index contributed by atoms with van der Waals surface area (Å²) >= 11 is 0. The molecule has 1 amide bonds. The van der Waals surface area contributed by atoms with Crippen molar-refractivity contribution in [2.24, 2.45) is 0 Å². The van der Waals surface area contributed by atoms with Gasteiger partial charge in [-0.3, -0.25) is 4.79 Å². The fourth-order valence-electron chi connectivity index (χ4n) is 2.16. The van der Waals surface area contributed by atoms with E-state index in [1.54, 1.807) is 27.7 Å². The molecule has 8 nitrogen and oxygen atoms in total. The normalized spacial score (nSPS) is 13.4. The van der Waals surface area contributed by atoms with Crippen molar-refractivity contribution in [2.45, 2.75) is 51.9 Å². The monoisotopic (exact) mass is 381 g/mol. The molecular formula is C19H27NO7. The number of nitrogens with one attached hydrogen (secondary N) is 1. The summed E-state index contributed by atoms with van der Waals surface area (Å²) in [5.74, 6) is -1.72. The zero-order chi connectivity index (χ0) is 20.6. The van der Waals surface area contributed by atoms with E-state index in [0.29, 0.717) is 5.56 Å². The molecule has 1 rings (SSSR count). The van der Waals surface area contributed by atoms with Gasteiger partial charge in [0.2, 0.25) is 0 Å². The van der Waals surface area contributed by atoms with Gasteiger partial charge in [-0.2, -0.15) is 0 Å². The van der Waals surface area contributed by atoms with E-state index >= 15 is 0 Å². The van der Waals surface area contributed by atoms with E-state index in [1.807, 2.05) is 0 Å². The number of alkyl carbamates (subject to hydrolysis) is 1. The van der Waals surface area contributed by atoms with Crippen molar-refractivity contribution < 1.29 is 34.1 Å². The lowest BCUT2D eigenvalue weighted by Crippen LogP contribution is -2.34. The summed E-state index contributed by atoms with van der Waals surface area (Å²) in [6.07, 6.45) is -2.85. The summed E-state index contributed by atoms with van der Waals surface area (Å²) in [5, 5.41) is 22.8. The van der Waals surface area contributed by atoms with Crippen LogP contribution in [0.5, 0.6) is 0 Å². The van der Waals surface area contributed by atoms with E-state index in [0.717, 1.165) is 0 Å². The number of hydrogen-bond acceptors (Lipinski definition) is 7. The second kappa shape index (κ2) is 10.0. The van der Waals surface area contributed by atoms with Crippen LogP contribution in [-0.4, -0.2) is 52.9 Å². The Morgan fingerprint density at radius 1 is 1.11 bits per heavy atom. The molecule has 2 atom stereocenters. The number of Topliss-reactive ketones (excluding diaryl/α,β-unsaturated/α-hetero) is 1. The van der Waals surface area contributed by atoms with Crippen LogP contribution in [0.1, 0.15) is 56.1 Å². The number of aliphatic hydroxyl groups excluding tert-OH is 2. The highest BCUT2D eigenvalue weighted by molar-refractivity contribution is 6.40. The van der Waals surface area contributed by atoms with E-state index < -0.39 is 35.7 Å². The van der Waals surface area contributed by atoms with Crippen LogP contribution in [-0.2, 0) is 14.3 Å². The number of benzene rings is 1. The minimum Gasteiger partial charge on any atom is -0.460 e. The average molecular weight is 381 g/mol. The number of ether oxygens (including phenoxy) is 2. The summed E-state index contributed by atoms with van der Waals surface area (Å²) in [4.78, 5) is 34.8. The summed E-state index contributed by atoms with van der Waals surface area (Å²) in [7, 11) is 0. The van der Waals surface area contributed by atoms with E-state index in [9.17, 15) is 24.6 Å². The smallest absolute Gasteiger partial charge is 0.407 e. The first-order valence-electron chi connectivity index (χ1n) is 8.69. The minimum atomic E-state index is -1.21. The Morgan fingerprint density at radius 2 is 1.70 bits per heavy atom. The molecule has 8 heteroatoms. The lowest BCUT2D eigenvalue weighted by Gasteiger charge is -2.21. The Hall–Kier alpha value is -2.45. The van der Waals surface area contributed by atoms with Gasteiger partial charge in [0, 0.05) is 12.1 Å². The molecule has 2 unspecified atom stereocenters. The van der Waals surface area contributed by atoms with Gasteiger partial charge in [0.1, 0.15) is 11.7 Å². The van der Waals surface area contributed by atoms with Gasteiger partial charge in [0.25, 0.3) is 5.78 Å². The van der Waals surface area contributed by atoms with Gasteiger partial charge in [-0.1, -0.05) is 24.3 Å². The van der Waals surface area contributed by atoms with Crippen molar-refractivity contribution in [3.8, 4) is 0 Å². The van der Waals surface area contributed by atoms with Crippen LogP contribution in [0, 0.1) is 0 Å². The number of esters is 1. The Balaban J connectivity index is 2.55. The van der Waals surface area contributed by atoms with E-state index in [1.165, 1.54) is 24.3 Å². The lowest BCUT2D eigenvalue weighted by molar-refractivity contribution is -0.137. The maximum Gasteiger partial charge on any atom is 0.407 e. The van der Waals surface area contributed by atoms with Crippen molar-refractivity contribution >= 4 is 17.8 Å². The topological polar surface area (TPSA) is 122 Å². The Labute approximate surface area is 158 Å². The van der Waals surface area contributed by atoms with Crippen LogP contribution in [0.15, 0.2) is 24.3 Å². The van der Waals surface area contributed by atoms with Crippen LogP contribution >= 0.6 is 0 Å². The molecule has 1 aromatic carbocycles. The molecule has 0 fully saturated rings. The van der Waals surface area contributed by atoms with Gasteiger partial charge in [-0.25, -0.2) is 9.59 Å². The quantitative estimate of drug-likeness (QED) is 0.356. The van der Waals surface area contributed by atoms with Crippen molar-refractivity contribution in [3.63, 3.8) is 0 Å². The van der Waals surface area contributed by atoms with Crippen LogP contribution in [0.2, 0.25) is 0 Å². The molecule has 0 aliphatic rings. The number of rotatable bonds is 8. The van der Waals surface area contributed by atoms with Gasteiger partial charge >= 0.3 is 12.1 Å². The maximum atomic E-state index is 11.8. The second-order valence-electron chi connectivity index (χ2n) is 6.90. The fraction of sp³-hybridized carbons (Fsp3) is 0.526. The number of aliphatic hydroxyl groups is 2. The molecule has 3 N–H and O–H groups in total. The Bertz CT molecular complexity index is 649. The van der Waals surface area contributed by atoms with Gasteiger partial charge in [-0.05, 0) is 39.7 Å². The second-order valence-corrected chi connectivity index (χ2v) is 6.90. The van der Waals surface area contributed by atoms with Gasteiger partial charge in [0.05, 0.1) is 12.7 Å². The molecule has 0 heterocycles. The molecule has 27 heavy (non-hydrogen) atoms. The first kappa shape index (κ1) is 22.6. The van der Waals surface area contributed by atoms with Crippen molar-refractivity contribution in [2.75, 3.05) is 13.2 Å². The van der Waals surface area contributed by atoms with E-state index in [-0.39, 0.29) is 25.1 Å². The molecule has 0 bridgehead atoms. The third-order valence-electron chi connectivity index (χ3n) is 3.45. The molecule has 0 radical (unpaired) electrons. The zero-order valence-corrected chi connectivity index (χ0v) is 16.0. The standard InChI is InChI=1S/C19H27NO7/c1-5-26-17(24)16(23)13-8-6-12(7-9-13)15(22)14(21)10-11-20-18(25)27-19(2,3)4/h6-9,14-15,21-22H,5,10-11H2,1-4H3,(H,20,25). The molecule has 0 aliphatic carbocycles. The molecule has 0 saturated heterocycles. The minimum absolute atomic E-state index is 0.101.